The molecular formula is C15H25N3O5. The molecule has 0 saturated carbocycles. The van der Waals surface area contributed by atoms with Gasteiger partial charge in [-0.15, -0.1) is 0 Å². The summed E-state index contributed by atoms with van der Waals surface area (Å²) in [6.45, 7) is 7.36. The Morgan fingerprint density at radius 1 is 1.30 bits per heavy atom. The number of hydrogen-bond acceptors (Lipinski definition) is 4. The monoisotopic (exact) mass is 327 g/mol. The van der Waals surface area contributed by atoms with Crippen LogP contribution in [0.5, 0.6) is 0 Å². The molecule has 23 heavy (non-hydrogen) atoms. The van der Waals surface area contributed by atoms with Crippen molar-refractivity contribution >= 4 is 23.9 Å². The Kier molecular flexibility index (Phi) is 9.69. The van der Waals surface area contributed by atoms with Crippen molar-refractivity contribution in [3.63, 3.8) is 0 Å². The van der Waals surface area contributed by atoms with E-state index in [4.69, 9.17) is 10.3 Å². The lowest BCUT2D eigenvalue weighted by atomic mass is 10.00. The van der Waals surface area contributed by atoms with Crippen LogP contribution in [-0.2, 0) is 19.1 Å². The lowest BCUT2D eigenvalue weighted by Gasteiger charge is -2.26. The smallest absolute Gasteiger partial charge is 0.326 e. The first-order valence-electron chi connectivity index (χ1n) is 7.61. The molecule has 0 aromatic heterocycles. The molecule has 0 fully saturated rings. The molecule has 130 valence electrons. The molecule has 0 aromatic carbocycles. The fraction of sp³-hybridized carbons (Fsp3) is 0.733. The summed E-state index contributed by atoms with van der Waals surface area (Å²) in [4.78, 5) is 37.4. The van der Waals surface area contributed by atoms with Crippen molar-refractivity contribution in [1.82, 2.24) is 5.32 Å². The standard InChI is InChI=1S/C15H25N3O5/c1-5-10(4)13(23-9(2)3)14(20)18-12(15(21)22)7-6-11(19)8-17-16/h8-10,12-13H,5-7H2,1-4H3,(H,18,20)(H,21,22). The number of carbonyl (C=O) groups is 3. The van der Waals surface area contributed by atoms with Crippen LogP contribution in [0, 0.1) is 5.92 Å². The molecule has 0 bridgehead atoms. The zero-order valence-electron chi connectivity index (χ0n) is 14.0. The molecule has 0 aromatic rings. The van der Waals surface area contributed by atoms with E-state index in [-0.39, 0.29) is 24.9 Å². The summed E-state index contributed by atoms with van der Waals surface area (Å²) in [5.74, 6) is -2.34. The first-order valence-corrected chi connectivity index (χ1v) is 7.61. The third-order valence-corrected chi connectivity index (χ3v) is 3.33. The highest BCUT2D eigenvalue weighted by molar-refractivity contribution is 6.25. The van der Waals surface area contributed by atoms with Gasteiger partial charge in [-0.3, -0.25) is 9.59 Å². The molecule has 0 rings (SSSR count). The molecule has 3 unspecified atom stereocenters. The minimum Gasteiger partial charge on any atom is -0.480 e. The van der Waals surface area contributed by atoms with Gasteiger partial charge in [0.25, 0.3) is 0 Å². The molecule has 1 amide bonds. The van der Waals surface area contributed by atoms with E-state index in [1.165, 1.54) is 0 Å². The number of aliphatic carboxylic acids is 1. The van der Waals surface area contributed by atoms with Gasteiger partial charge < -0.3 is 20.7 Å². The zero-order chi connectivity index (χ0) is 18.0. The summed E-state index contributed by atoms with van der Waals surface area (Å²) in [5, 5.41) is 11.6. The second-order valence-electron chi connectivity index (χ2n) is 5.64. The zero-order valence-corrected chi connectivity index (χ0v) is 14.0. The van der Waals surface area contributed by atoms with Crippen molar-refractivity contribution in [2.75, 3.05) is 0 Å². The topological polar surface area (TPSA) is 129 Å². The number of hydrogen-bond donors (Lipinski definition) is 2. The summed E-state index contributed by atoms with van der Waals surface area (Å²) in [5.41, 5.74) is 8.25. The van der Waals surface area contributed by atoms with Crippen LogP contribution in [0.4, 0.5) is 0 Å². The minimum absolute atomic E-state index is 0.0741. The van der Waals surface area contributed by atoms with Crippen molar-refractivity contribution < 1.29 is 29.0 Å². The van der Waals surface area contributed by atoms with E-state index in [0.717, 1.165) is 0 Å². The Morgan fingerprint density at radius 3 is 2.35 bits per heavy atom. The molecule has 0 aliphatic rings. The number of nitrogens with zero attached hydrogens (tertiary/aromatic N) is 2. The fourth-order valence-electron chi connectivity index (χ4n) is 1.89. The summed E-state index contributed by atoms with van der Waals surface area (Å²) in [7, 11) is 0. The largest absolute Gasteiger partial charge is 0.480 e. The Bertz CT molecular complexity index is 472. The van der Waals surface area contributed by atoms with Gasteiger partial charge in [0.15, 0.2) is 0 Å². The summed E-state index contributed by atoms with van der Waals surface area (Å²) < 4.78 is 5.58. The van der Waals surface area contributed by atoms with E-state index in [0.29, 0.717) is 12.6 Å². The second kappa shape index (κ2) is 10.6. The van der Waals surface area contributed by atoms with Gasteiger partial charge in [-0.2, -0.15) is 4.79 Å². The number of Topliss-reactive ketones (excluding diaryl/α,β-unsaturated/α-hetero) is 1. The maximum absolute atomic E-state index is 12.3. The van der Waals surface area contributed by atoms with E-state index < -0.39 is 29.8 Å². The molecule has 0 aliphatic carbocycles. The lowest BCUT2D eigenvalue weighted by Crippen LogP contribution is -2.49. The quantitative estimate of drug-likeness (QED) is 0.333. The van der Waals surface area contributed by atoms with Gasteiger partial charge in [-0.05, 0) is 26.2 Å². The van der Waals surface area contributed by atoms with Crippen molar-refractivity contribution in [2.24, 2.45) is 5.92 Å². The van der Waals surface area contributed by atoms with Crippen LogP contribution in [0.15, 0.2) is 0 Å². The third kappa shape index (κ3) is 8.23. The van der Waals surface area contributed by atoms with E-state index in [1.54, 1.807) is 13.8 Å². The maximum Gasteiger partial charge on any atom is 0.326 e. The molecule has 8 heteroatoms. The highest BCUT2D eigenvalue weighted by Gasteiger charge is 2.30. The van der Waals surface area contributed by atoms with Crippen molar-refractivity contribution in [2.45, 2.75) is 65.2 Å². The van der Waals surface area contributed by atoms with Gasteiger partial charge in [-0.1, -0.05) is 20.3 Å². The van der Waals surface area contributed by atoms with Gasteiger partial charge in [0.2, 0.25) is 11.7 Å². The predicted octanol–water partition coefficient (Wildman–Crippen LogP) is 1.05. The highest BCUT2D eigenvalue weighted by Crippen LogP contribution is 2.14. The predicted molar refractivity (Wildman–Crippen MR) is 83.0 cm³/mol. The van der Waals surface area contributed by atoms with Gasteiger partial charge >= 0.3 is 12.2 Å². The first-order chi connectivity index (χ1) is 10.7. The van der Waals surface area contributed by atoms with Crippen LogP contribution in [0.2, 0.25) is 0 Å². The molecule has 0 spiro atoms. The molecule has 0 radical (unpaired) electrons. The van der Waals surface area contributed by atoms with Crippen LogP contribution in [-0.4, -0.2) is 52.0 Å². The number of carboxylic acids is 1. The van der Waals surface area contributed by atoms with Crippen LogP contribution >= 0.6 is 0 Å². The number of amides is 1. The normalized spacial score (nSPS) is 14.5. The first kappa shape index (κ1) is 20.9. The molecule has 8 nitrogen and oxygen atoms in total. The van der Waals surface area contributed by atoms with E-state index in [2.05, 4.69) is 10.1 Å². The highest BCUT2D eigenvalue weighted by atomic mass is 16.5. The Labute approximate surface area is 135 Å². The summed E-state index contributed by atoms with van der Waals surface area (Å²) in [6.07, 6.45) is 0.224. The minimum atomic E-state index is -1.24. The summed E-state index contributed by atoms with van der Waals surface area (Å²) >= 11 is 0. The molecule has 0 saturated heterocycles. The van der Waals surface area contributed by atoms with Gasteiger partial charge in [-0.25, -0.2) is 4.79 Å². The Balaban J connectivity index is 4.88. The number of ketones is 1. The molecular weight excluding hydrogens is 302 g/mol. The van der Waals surface area contributed by atoms with E-state index in [9.17, 15) is 19.5 Å². The van der Waals surface area contributed by atoms with Crippen molar-refractivity contribution in [3.05, 3.63) is 5.53 Å². The SMILES string of the molecule is CCC(C)C(OC(C)C)C(=O)NC(CCC(=O)C=[N+]=[N-])C(=O)O. The number of carbonyl (C=O) groups excluding carboxylic acids is 2. The molecule has 3 atom stereocenters. The number of nitrogens with one attached hydrogen (secondary N) is 1. The van der Waals surface area contributed by atoms with Crippen LogP contribution in [0.25, 0.3) is 5.53 Å². The van der Waals surface area contributed by atoms with E-state index >= 15 is 0 Å². The number of ether oxygens (including phenoxy) is 1. The van der Waals surface area contributed by atoms with Gasteiger partial charge in [0.05, 0.1) is 6.10 Å². The average molecular weight is 327 g/mol. The van der Waals surface area contributed by atoms with Crippen LogP contribution in [0.3, 0.4) is 0 Å². The molecule has 0 aliphatic heterocycles. The van der Waals surface area contributed by atoms with E-state index in [1.807, 2.05) is 13.8 Å². The Hall–Kier alpha value is -2.05. The van der Waals surface area contributed by atoms with Crippen molar-refractivity contribution in [1.29, 1.82) is 0 Å². The van der Waals surface area contributed by atoms with Crippen LogP contribution < -0.4 is 5.32 Å². The number of rotatable bonds is 11. The van der Waals surface area contributed by atoms with Gasteiger partial charge in [0.1, 0.15) is 12.1 Å². The maximum atomic E-state index is 12.3. The Morgan fingerprint density at radius 2 is 1.91 bits per heavy atom. The third-order valence-electron chi connectivity index (χ3n) is 3.33. The molecule has 0 heterocycles. The number of carboxylic acid groups (broad SMARTS) is 1. The van der Waals surface area contributed by atoms with Crippen LogP contribution in [0.1, 0.15) is 47.0 Å². The lowest BCUT2D eigenvalue weighted by molar-refractivity contribution is -0.147. The van der Waals surface area contributed by atoms with Gasteiger partial charge in [0, 0.05) is 6.42 Å². The molecule has 2 N–H and O–H groups in total. The fourth-order valence-corrected chi connectivity index (χ4v) is 1.89. The average Bonchev–Trinajstić information content (AvgIpc) is 2.47. The summed E-state index contributed by atoms with van der Waals surface area (Å²) in [6, 6.07) is -1.21. The van der Waals surface area contributed by atoms with Crippen molar-refractivity contribution in [3.8, 4) is 0 Å². The second-order valence-corrected chi connectivity index (χ2v) is 5.64.